The summed E-state index contributed by atoms with van der Waals surface area (Å²) in [7, 11) is 1.73. The van der Waals surface area contributed by atoms with Crippen LogP contribution in [0.15, 0.2) is 17.3 Å². The smallest absolute Gasteiger partial charge is 0.264 e. The van der Waals surface area contributed by atoms with Gasteiger partial charge in [0.1, 0.15) is 11.7 Å². The zero-order chi connectivity index (χ0) is 11.0. The van der Waals surface area contributed by atoms with Crippen molar-refractivity contribution >= 4 is 28.2 Å². The van der Waals surface area contributed by atoms with Crippen molar-refractivity contribution in [1.29, 1.82) is 0 Å². The topological polar surface area (TPSA) is 78.7 Å². The molecule has 78 valence electrons. The molecule has 15 heavy (non-hydrogen) atoms. The number of fused-ring (bicyclic) bond motifs is 1. The molecule has 0 unspecified atom stereocenters. The quantitative estimate of drug-likeness (QED) is 0.689. The maximum Gasteiger partial charge on any atom is 0.264 e. The van der Waals surface area contributed by atoms with Gasteiger partial charge in [-0.25, -0.2) is 4.98 Å². The lowest BCUT2D eigenvalue weighted by atomic mass is 10.4. The molecule has 0 bridgehead atoms. The summed E-state index contributed by atoms with van der Waals surface area (Å²) in [4.78, 5) is 16.2. The van der Waals surface area contributed by atoms with Crippen LogP contribution in [0.3, 0.4) is 0 Å². The van der Waals surface area contributed by atoms with E-state index >= 15 is 0 Å². The molecule has 6 nitrogen and oxygen atoms in total. The van der Waals surface area contributed by atoms with Gasteiger partial charge in [-0.05, 0) is 0 Å². The largest absolute Gasteiger partial charge is 0.392 e. The molecule has 0 fully saturated rings. The van der Waals surface area contributed by atoms with Gasteiger partial charge < -0.3 is 5.73 Å². The van der Waals surface area contributed by atoms with Crippen LogP contribution in [0.4, 0.5) is 0 Å². The molecule has 0 radical (unpaired) electrons. The Morgan fingerprint density at radius 2 is 2.40 bits per heavy atom. The monoisotopic (exact) mass is 223 g/mol. The highest BCUT2D eigenvalue weighted by Crippen LogP contribution is 2.02. The number of nitrogens with two attached hydrogens (primary N) is 1. The van der Waals surface area contributed by atoms with Crippen LogP contribution < -0.4 is 11.3 Å². The van der Waals surface area contributed by atoms with Crippen LogP contribution in [-0.2, 0) is 13.6 Å². The average molecular weight is 223 g/mol. The number of hydrogen-bond donors (Lipinski definition) is 1. The molecule has 2 N–H and O–H groups in total. The van der Waals surface area contributed by atoms with Gasteiger partial charge in [-0.2, -0.15) is 5.10 Å². The first-order chi connectivity index (χ1) is 7.09. The predicted octanol–water partition coefficient (Wildman–Crippen LogP) is -0.584. The highest BCUT2D eigenvalue weighted by atomic mass is 32.1. The maximum absolute atomic E-state index is 11.8. The number of thiocarbonyl (C=S) groups is 1. The molecule has 0 spiro atoms. The van der Waals surface area contributed by atoms with Crippen LogP contribution in [0.5, 0.6) is 0 Å². The van der Waals surface area contributed by atoms with E-state index in [4.69, 9.17) is 18.0 Å². The van der Waals surface area contributed by atoms with Crippen molar-refractivity contribution in [2.75, 3.05) is 0 Å². The van der Waals surface area contributed by atoms with Gasteiger partial charge in [0.2, 0.25) is 0 Å². The second-order valence-electron chi connectivity index (χ2n) is 3.15. The normalized spacial score (nSPS) is 10.7. The van der Waals surface area contributed by atoms with Gasteiger partial charge in [0, 0.05) is 7.05 Å². The Bertz CT molecular complexity index is 584. The number of aryl methyl sites for hydroxylation is 1. The van der Waals surface area contributed by atoms with Gasteiger partial charge in [-0.15, -0.1) is 0 Å². The minimum absolute atomic E-state index is 0.180. The molecule has 7 heteroatoms. The van der Waals surface area contributed by atoms with Gasteiger partial charge in [0.25, 0.3) is 5.56 Å². The third kappa shape index (κ3) is 1.61. The van der Waals surface area contributed by atoms with E-state index in [1.807, 2.05) is 0 Å². The van der Waals surface area contributed by atoms with E-state index in [0.29, 0.717) is 11.0 Å². The van der Waals surface area contributed by atoms with Gasteiger partial charge in [-0.3, -0.25) is 14.0 Å². The van der Waals surface area contributed by atoms with E-state index < -0.39 is 0 Å². The fraction of sp³-hybridized carbons (Fsp3) is 0.250. The Balaban J connectivity index is 2.66. The number of aromatic nitrogens is 4. The van der Waals surface area contributed by atoms with Crippen LogP contribution in [0.2, 0.25) is 0 Å². The second kappa shape index (κ2) is 3.43. The molecule has 2 heterocycles. The van der Waals surface area contributed by atoms with Crippen molar-refractivity contribution in [1.82, 2.24) is 19.3 Å². The lowest BCUT2D eigenvalue weighted by Gasteiger charge is -2.02. The Kier molecular flexibility index (Phi) is 2.24. The third-order valence-electron chi connectivity index (χ3n) is 2.04. The van der Waals surface area contributed by atoms with Crippen molar-refractivity contribution in [3.8, 4) is 0 Å². The Labute approximate surface area is 90.3 Å². The van der Waals surface area contributed by atoms with Crippen LogP contribution in [0, 0.1) is 0 Å². The highest BCUT2D eigenvalue weighted by Gasteiger charge is 2.07. The minimum Gasteiger partial charge on any atom is -0.392 e. The predicted molar refractivity (Wildman–Crippen MR) is 59.6 cm³/mol. The SMILES string of the molecule is Cn1ncc2c(=O)n(CC(N)=S)cnc21. The fourth-order valence-electron chi connectivity index (χ4n) is 1.35. The molecule has 0 aromatic carbocycles. The standard InChI is InChI=1S/C8H9N5OS/c1-12-7-5(2-11-12)8(14)13(4-10-7)3-6(9)15/h2,4H,3H2,1H3,(H2,9,15). The van der Waals surface area contributed by atoms with E-state index in [1.165, 1.54) is 17.1 Å². The summed E-state index contributed by atoms with van der Waals surface area (Å²) >= 11 is 4.73. The minimum atomic E-state index is -0.180. The lowest BCUT2D eigenvalue weighted by Crippen LogP contribution is -2.27. The molecule has 0 saturated heterocycles. The summed E-state index contributed by atoms with van der Waals surface area (Å²) in [5.41, 5.74) is 5.74. The Morgan fingerprint density at radius 3 is 3.07 bits per heavy atom. The van der Waals surface area contributed by atoms with E-state index in [0.717, 1.165) is 0 Å². The summed E-state index contributed by atoms with van der Waals surface area (Å²) in [6.07, 6.45) is 2.91. The summed E-state index contributed by atoms with van der Waals surface area (Å²) in [5, 5.41) is 4.42. The van der Waals surface area contributed by atoms with Crippen molar-refractivity contribution < 1.29 is 0 Å². The number of nitrogens with zero attached hydrogens (tertiary/aromatic N) is 4. The first-order valence-corrected chi connectivity index (χ1v) is 4.66. The maximum atomic E-state index is 11.8. The van der Waals surface area contributed by atoms with Gasteiger partial charge in [0.05, 0.1) is 17.7 Å². The van der Waals surface area contributed by atoms with Gasteiger partial charge in [-0.1, -0.05) is 12.2 Å². The summed E-state index contributed by atoms with van der Waals surface area (Å²) < 4.78 is 2.91. The number of hydrogen-bond acceptors (Lipinski definition) is 4. The first kappa shape index (κ1) is 9.78. The van der Waals surface area contributed by atoms with Gasteiger partial charge in [0.15, 0.2) is 5.65 Å². The third-order valence-corrected chi connectivity index (χ3v) is 2.17. The van der Waals surface area contributed by atoms with Crippen LogP contribution in [0.1, 0.15) is 0 Å². The fourth-order valence-corrected chi connectivity index (χ4v) is 1.49. The van der Waals surface area contributed by atoms with Crippen molar-refractivity contribution in [3.05, 3.63) is 22.9 Å². The summed E-state index contributed by atoms with van der Waals surface area (Å²) in [6.45, 7) is 0.200. The molecule has 2 aromatic heterocycles. The highest BCUT2D eigenvalue weighted by molar-refractivity contribution is 7.80. The van der Waals surface area contributed by atoms with Crippen LogP contribution >= 0.6 is 12.2 Å². The summed E-state index contributed by atoms with van der Waals surface area (Å²) in [5.74, 6) is 0. The molecule has 0 atom stereocenters. The first-order valence-electron chi connectivity index (χ1n) is 4.25. The van der Waals surface area contributed by atoms with Crippen molar-refractivity contribution in [3.63, 3.8) is 0 Å². The van der Waals surface area contributed by atoms with E-state index in [9.17, 15) is 4.79 Å². The summed E-state index contributed by atoms with van der Waals surface area (Å²) in [6, 6.07) is 0. The van der Waals surface area contributed by atoms with E-state index in [2.05, 4.69) is 10.1 Å². The lowest BCUT2D eigenvalue weighted by molar-refractivity contribution is 0.765. The molecular formula is C8H9N5OS. The number of rotatable bonds is 2. The average Bonchev–Trinajstić information content (AvgIpc) is 2.53. The zero-order valence-corrected chi connectivity index (χ0v) is 8.86. The molecule has 0 saturated carbocycles. The molecule has 2 aromatic rings. The Morgan fingerprint density at radius 1 is 1.67 bits per heavy atom. The molecule has 0 amide bonds. The molecule has 0 aliphatic rings. The van der Waals surface area contributed by atoms with Crippen LogP contribution in [-0.4, -0.2) is 24.3 Å². The van der Waals surface area contributed by atoms with Crippen molar-refractivity contribution in [2.45, 2.75) is 6.54 Å². The van der Waals surface area contributed by atoms with Crippen molar-refractivity contribution in [2.24, 2.45) is 12.8 Å². The molecule has 0 aliphatic heterocycles. The van der Waals surface area contributed by atoms with E-state index in [-0.39, 0.29) is 17.1 Å². The van der Waals surface area contributed by atoms with Gasteiger partial charge >= 0.3 is 0 Å². The Hall–Kier alpha value is -1.76. The van der Waals surface area contributed by atoms with Crippen LogP contribution in [0.25, 0.3) is 11.0 Å². The molecule has 2 rings (SSSR count). The van der Waals surface area contributed by atoms with E-state index in [1.54, 1.807) is 11.7 Å². The molecule has 0 aliphatic carbocycles. The zero-order valence-electron chi connectivity index (χ0n) is 8.04. The molecular weight excluding hydrogens is 214 g/mol. The second-order valence-corrected chi connectivity index (χ2v) is 3.67.